The number of aromatic amines is 1. The molecule has 0 aliphatic heterocycles. The van der Waals surface area contributed by atoms with Crippen LogP contribution in [-0.4, -0.2) is 34.4 Å². The van der Waals surface area contributed by atoms with E-state index in [1.54, 1.807) is 13.3 Å². The molecule has 4 rings (SSSR count). The van der Waals surface area contributed by atoms with Gasteiger partial charge in [-0.15, -0.1) is 0 Å². The largest absolute Gasteiger partial charge is 0.383 e. The van der Waals surface area contributed by atoms with Crippen LogP contribution in [0, 0.1) is 0 Å². The third kappa shape index (κ3) is 2.94. The number of carbonyl (C=O) groups is 1. The van der Waals surface area contributed by atoms with E-state index >= 15 is 0 Å². The number of rotatable bonds is 5. The van der Waals surface area contributed by atoms with Gasteiger partial charge in [0.1, 0.15) is 5.69 Å². The first-order chi connectivity index (χ1) is 12.7. The van der Waals surface area contributed by atoms with Gasteiger partial charge in [-0.25, -0.2) is 0 Å². The van der Waals surface area contributed by atoms with E-state index in [0.29, 0.717) is 29.6 Å². The predicted octanol–water partition coefficient (Wildman–Crippen LogP) is 4.07. The van der Waals surface area contributed by atoms with Gasteiger partial charge in [0, 0.05) is 29.1 Å². The van der Waals surface area contributed by atoms with Crippen LogP contribution in [0.5, 0.6) is 0 Å². The fourth-order valence-corrected chi connectivity index (χ4v) is 3.26. The van der Waals surface area contributed by atoms with Gasteiger partial charge < -0.3 is 15.0 Å². The number of methoxy groups -OCH3 is 1. The summed E-state index contributed by atoms with van der Waals surface area (Å²) in [6.45, 7) is 1.21. The Balaban J connectivity index is 1.63. The summed E-state index contributed by atoms with van der Waals surface area (Å²) >= 11 is 6.36. The highest BCUT2D eigenvalue weighted by Gasteiger charge is 2.16. The number of halogens is 1. The van der Waals surface area contributed by atoms with Crippen molar-refractivity contribution in [2.24, 2.45) is 0 Å². The number of ether oxygens (including phenoxy) is 1. The Morgan fingerprint density at radius 1 is 1.31 bits per heavy atom. The van der Waals surface area contributed by atoms with E-state index in [1.165, 1.54) is 0 Å². The fraction of sp³-hybridized carbons (Fsp3) is 0.158. The van der Waals surface area contributed by atoms with Crippen LogP contribution in [0.1, 0.15) is 10.5 Å². The average Bonchev–Trinajstić information content (AvgIpc) is 3.21. The standard InChI is InChI=1S/C19H17ClN4O2/c1-26-9-8-24-16-10-13(7-6-12(16)11-21-24)22-19(25)18-17(20)14-4-2-3-5-15(14)23-18/h2-7,10-11,23H,8-9H2,1H3,(H,22,25). The number of benzene rings is 2. The van der Waals surface area contributed by atoms with Gasteiger partial charge >= 0.3 is 0 Å². The minimum absolute atomic E-state index is 0.284. The first-order valence-electron chi connectivity index (χ1n) is 8.19. The van der Waals surface area contributed by atoms with E-state index < -0.39 is 0 Å². The van der Waals surface area contributed by atoms with Crippen LogP contribution in [-0.2, 0) is 11.3 Å². The maximum absolute atomic E-state index is 12.7. The molecule has 2 aromatic carbocycles. The lowest BCUT2D eigenvalue weighted by atomic mass is 10.2. The molecule has 0 bridgehead atoms. The Labute approximate surface area is 154 Å². The molecule has 0 saturated carbocycles. The number of hydrogen-bond acceptors (Lipinski definition) is 3. The lowest BCUT2D eigenvalue weighted by Gasteiger charge is -2.07. The SMILES string of the molecule is COCCn1ncc2ccc(NC(=O)c3[nH]c4ccccc4c3Cl)cc21. The smallest absolute Gasteiger partial charge is 0.273 e. The van der Waals surface area contributed by atoms with Crippen molar-refractivity contribution in [2.75, 3.05) is 19.0 Å². The fourth-order valence-electron chi connectivity index (χ4n) is 2.96. The number of hydrogen-bond donors (Lipinski definition) is 2. The van der Waals surface area contributed by atoms with Crippen LogP contribution < -0.4 is 5.32 Å². The van der Waals surface area contributed by atoms with E-state index in [2.05, 4.69) is 15.4 Å². The summed E-state index contributed by atoms with van der Waals surface area (Å²) < 4.78 is 6.96. The zero-order valence-electron chi connectivity index (χ0n) is 14.1. The number of amides is 1. The second-order valence-corrected chi connectivity index (χ2v) is 6.33. The van der Waals surface area contributed by atoms with Gasteiger partial charge in [-0.05, 0) is 24.3 Å². The maximum Gasteiger partial charge on any atom is 0.273 e. The third-order valence-corrected chi connectivity index (χ3v) is 4.67. The molecule has 7 heteroatoms. The van der Waals surface area contributed by atoms with Crippen LogP contribution in [0.15, 0.2) is 48.7 Å². The van der Waals surface area contributed by atoms with E-state index in [-0.39, 0.29) is 5.91 Å². The summed E-state index contributed by atoms with van der Waals surface area (Å²) in [5.74, 6) is -0.284. The van der Waals surface area contributed by atoms with Crippen LogP contribution >= 0.6 is 11.6 Å². The molecule has 6 nitrogen and oxygen atoms in total. The van der Waals surface area contributed by atoms with Gasteiger partial charge in [0.2, 0.25) is 0 Å². The molecule has 26 heavy (non-hydrogen) atoms. The molecule has 0 atom stereocenters. The van der Waals surface area contributed by atoms with Gasteiger partial charge in [0.25, 0.3) is 5.91 Å². The zero-order valence-corrected chi connectivity index (χ0v) is 14.9. The molecular formula is C19H17ClN4O2. The van der Waals surface area contributed by atoms with E-state index in [1.807, 2.05) is 47.1 Å². The highest BCUT2D eigenvalue weighted by atomic mass is 35.5. The Morgan fingerprint density at radius 2 is 2.15 bits per heavy atom. The lowest BCUT2D eigenvalue weighted by Crippen LogP contribution is -2.13. The highest BCUT2D eigenvalue weighted by Crippen LogP contribution is 2.28. The second kappa shape index (κ2) is 6.82. The molecule has 0 unspecified atom stereocenters. The second-order valence-electron chi connectivity index (χ2n) is 5.95. The highest BCUT2D eigenvalue weighted by molar-refractivity contribution is 6.39. The first-order valence-corrected chi connectivity index (χ1v) is 8.57. The monoisotopic (exact) mass is 368 g/mol. The van der Waals surface area contributed by atoms with E-state index in [0.717, 1.165) is 21.8 Å². The predicted molar refractivity (Wildman–Crippen MR) is 103 cm³/mol. The zero-order chi connectivity index (χ0) is 18.1. The van der Waals surface area contributed by atoms with Crippen LogP contribution in [0.2, 0.25) is 5.02 Å². The van der Waals surface area contributed by atoms with Crippen LogP contribution in [0.3, 0.4) is 0 Å². The molecule has 2 aromatic heterocycles. The number of fused-ring (bicyclic) bond motifs is 2. The molecule has 0 spiro atoms. The quantitative estimate of drug-likeness (QED) is 0.557. The maximum atomic E-state index is 12.7. The summed E-state index contributed by atoms with van der Waals surface area (Å²) in [4.78, 5) is 15.7. The number of anilines is 1. The molecule has 0 fully saturated rings. The van der Waals surface area contributed by atoms with Gasteiger partial charge in [-0.2, -0.15) is 5.10 Å². The summed E-state index contributed by atoms with van der Waals surface area (Å²) in [6, 6.07) is 13.2. The number of nitrogens with one attached hydrogen (secondary N) is 2. The van der Waals surface area contributed by atoms with Crippen molar-refractivity contribution in [1.29, 1.82) is 0 Å². The molecule has 0 saturated heterocycles. The van der Waals surface area contributed by atoms with Crippen molar-refractivity contribution < 1.29 is 9.53 Å². The van der Waals surface area contributed by atoms with E-state index in [4.69, 9.17) is 16.3 Å². The topological polar surface area (TPSA) is 71.9 Å². The molecule has 0 aliphatic carbocycles. The number of aromatic nitrogens is 3. The number of carbonyl (C=O) groups excluding carboxylic acids is 1. The van der Waals surface area contributed by atoms with Gasteiger partial charge in [0.05, 0.1) is 29.9 Å². The summed E-state index contributed by atoms with van der Waals surface area (Å²) in [5.41, 5.74) is 2.79. The first kappa shape index (κ1) is 16.6. The molecular weight excluding hydrogens is 352 g/mol. The summed E-state index contributed by atoms with van der Waals surface area (Å²) in [7, 11) is 1.65. The third-order valence-electron chi connectivity index (χ3n) is 4.28. The van der Waals surface area contributed by atoms with Crippen molar-refractivity contribution in [3.05, 3.63) is 59.4 Å². The lowest BCUT2D eigenvalue weighted by molar-refractivity contribution is 0.102. The Kier molecular flexibility index (Phi) is 4.36. The number of H-pyrrole nitrogens is 1. The summed E-state index contributed by atoms with van der Waals surface area (Å²) in [5, 5.41) is 9.50. The molecule has 0 aliphatic rings. The van der Waals surface area contributed by atoms with Crippen LogP contribution in [0.25, 0.3) is 21.8 Å². The van der Waals surface area contributed by atoms with Crippen molar-refractivity contribution in [3.8, 4) is 0 Å². The molecule has 2 heterocycles. The van der Waals surface area contributed by atoms with Gasteiger partial charge in [-0.3, -0.25) is 9.48 Å². The van der Waals surface area contributed by atoms with Gasteiger partial charge in [-0.1, -0.05) is 29.8 Å². The molecule has 1 amide bonds. The normalized spacial score (nSPS) is 11.3. The minimum Gasteiger partial charge on any atom is -0.383 e. The Bertz CT molecular complexity index is 1100. The van der Waals surface area contributed by atoms with Gasteiger partial charge in [0.15, 0.2) is 0 Å². The Hall–Kier alpha value is -2.83. The summed E-state index contributed by atoms with van der Waals surface area (Å²) in [6.07, 6.45) is 1.80. The number of para-hydroxylation sites is 1. The minimum atomic E-state index is -0.284. The molecule has 132 valence electrons. The molecule has 0 radical (unpaired) electrons. The van der Waals surface area contributed by atoms with Crippen molar-refractivity contribution in [1.82, 2.24) is 14.8 Å². The van der Waals surface area contributed by atoms with Crippen molar-refractivity contribution >= 4 is 45.0 Å². The van der Waals surface area contributed by atoms with E-state index in [9.17, 15) is 4.79 Å². The molecule has 4 aromatic rings. The van der Waals surface area contributed by atoms with Crippen molar-refractivity contribution in [3.63, 3.8) is 0 Å². The molecule has 2 N–H and O–H groups in total. The average molecular weight is 369 g/mol. The number of nitrogens with zero attached hydrogens (tertiary/aromatic N) is 2. The Morgan fingerprint density at radius 3 is 2.96 bits per heavy atom. The van der Waals surface area contributed by atoms with Crippen molar-refractivity contribution in [2.45, 2.75) is 6.54 Å². The van der Waals surface area contributed by atoms with Crippen LogP contribution in [0.4, 0.5) is 5.69 Å².